The summed E-state index contributed by atoms with van der Waals surface area (Å²) in [6, 6.07) is 1.79. The van der Waals surface area contributed by atoms with Crippen LogP contribution in [0.3, 0.4) is 0 Å². The quantitative estimate of drug-likeness (QED) is 0.839. The highest BCUT2D eigenvalue weighted by molar-refractivity contribution is 6.32. The zero-order chi connectivity index (χ0) is 12.3. The highest BCUT2D eigenvalue weighted by Gasteiger charge is 2.23. The number of carboxylic acids is 1. The molecule has 0 spiro atoms. The Bertz CT molecular complexity index is 408. The Balaban J connectivity index is 3.31. The van der Waals surface area contributed by atoms with E-state index in [-0.39, 0.29) is 10.6 Å². The summed E-state index contributed by atoms with van der Waals surface area (Å²) in [7, 11) is 2.88. The number of hydrogen-bond acceptors (Lipinski definition) is 4. The Morgan fingerprint density at radius 1 is 1.44 bits per heavy atom. The fourth-order valence-electron chi connectivity index (χ4n) is 1.28. The van der Waals surface area contributed by atoms with Crippen LogP contribution in [-0.2, 0) is 4.79 Å². The van der Waals surface area contributed by atoms with E-state index in [1.165, 1.54) is 26.4 Å². The maximum absolute atomic E-state index is 10.8. The topological polar surface area (TPSA) is 81.8 Å². The number of methoxy groups -OCH3 is 2. The molecular formula is C10H12ClNO4. The molecule has 16 heavy (non-hydrogen) atoms. The van der Waals surface area contributed by atoms with Gasteiger partial charge in [0, 0.05) is 11.6 Å². The summed E-state index contributed by atoms with van der Waals surface area (Å²) in [6.45, 7) is 0. The van der Waals surface area contributed by atoms with Gasteiger partial charge in [-0.3, -0.25) is 4.79 Å². The van der Waals surface area contributed by atoms with E-state index in [0.717, 1.165) is 0 Å². The first-order valence-corrected chi connectivity index (χ1v) is 4.78. The van der Waals surface area contributed by atoms with E-state index in [1.807, 2.05) is 0 Å². The molecule has 0 aliphatic heterocycles. The van der Waals surface area contributed by atoms with Crippen LogP contribution in [0.4, 0.5) is 0 Å². The van der Waals surface area contributed by atoms with Crippen molar-refractivity contribution in [3.63, 3.8) is 0 Å². The van der Waals surface area contributed by atoms with E-state index in [0.29, 0.717) is 11.5 Å². The number of carboxylic acid groups (broad SMARTS) is 1. The monoisotopic (exact) mass is 245 g/mol. The average Bonchev–Trinajstić information content (AvgIpc) is 2.26. The lowest BCUT2D eigenvalue weighted by atomic mass is 10.1. The highest BCUT2D eigenvalue weighted by Crippen LogP contribution is 2.35. The minimum absolute atomic E-state index is 0.200. The summed E-state index contributed by atoms with van der Waals surface area (Å²) < 4.78 is 10.0. The Hall–Kier alpha value is -1.46. The molecule has 0 saturated carbocycles. The van der Waals surface area contributed by atoms with Crippen molar-refractivity contribution in [3.05, 3.63) is 22.7 Å². The molecule has 1 rings (SSSR count). The fraction of sp³-hybridized carbons (Fsp3) is 0.300. The molecule has 0 aliphatic rings. The normalized spacial score (nSPS) is 12.0. The number of hydrogen-bond donors (Lipinski definition) is 2. The Morgan fingerprint density at radius 3 is 2.50 bits per heavy atom. The zero-order valence-corrected chi connectivity index (χ0v) is 9.62. The van der Waals surface area contributed by atoms with Crippen LogP contribution in [0.2, 0.25) is 5.02 Å². The summed E-state index contributed by atoms with van der Waals surface area (Å²) in [5, 5.41) is 9.04. The molecule has 0 heterocycles. The maximum Gasteiger partial charge on any atom is 0.325 e. The molecule has 0 fully saturated rings. The van der Waals surface area contributed by atoms with Gasteiger partial charge in [0.2, 0.25) is 0 Å². The molecule has 1 unspecified atom stereocenters. The maximum atomic E-state index is 10.8. The van der Waals surface area contributed by atoms with Crippen LogP contribution in [0.25, 0.3) is 0 Å². The van der Waals surface area contributed by atoms with E-state index in [1.54, 1.807) is 0 Å². The van der Waals surface area contributed by atoms with E-state index >= 15 is 0 Å². The van der Waals surface area contributed by atoms with Crippen LogP contribution in [0.5, 0.6) is 11.5 Å². The summed E-state index contributed by atoms with van der Waals surface area (Å²) in [4.78, 5) is 10.8. The summed E-state index contributed by atoms with van der Waals surface area (Å²) >= 11 is 5.93. The van der Waals surface area contributed by atoms with Gasteiger partial charge in [-0.05, 0) is 6.07 Å². The average molecular weight is 246 g/mol. The van der Waals surface area contributed by atoms with Crippen molar-refractivity contribution in [2.75, 3.05) is 14.2 Å². The van der Waals surface area contributed by atoms with Crippen LogP contribution in [0.1, 0.15) is 11.6 Å². The molecule has 0 aliphatic carbocycles. The molecule has 0 radical (unpaired) electrons. The van der Waals surface area contributed by atoms with Crippen molar-refractivity contribution in [1.29, 1.82) is 0 Å². The minimum Gasteiger partial charge on any atom is -0.497 e. The highest BCUT2D eigenvalue weighted by atomic mass is 35.5. The standard InChI is InChI=1S/C10H12ClNO4/c1-15-5-3-6(11)8(7(4-5)16-2)9(12)10(13)14/h3-4,9H,12H2,1-2H3,(H,13,14). The first-order valence-electron chi connectivity index (χ1n) is 4.41. The van der Waals surface area contributed by atoms with E-state index < -0.39 is 12.0 Å². The number of benzene rings is 1. The third kappa shape index (κ3) is 2.37. The summed E-state index contributed by atoms with van der Waals surface area (Å²) in [6.07, 6.45) is 0. The predicted molar refractivity (Wildman–Crippen MR) is 59.1 cm³/mol. The molecule has 1 atom stereocenters. The number of nitrogens with two attached hydrogens (primary N) is 1. The van der Waals surface area contributed by atoms with Gasteiger partial charge in [0.25, 0.3) is 0 Å². The van der Waals surface area contributed by atoms with Gasteiger partial charge < -0.3 is 20.3 Å². The molecule has 3 N–H and O–H groups in total. The summed E-state index contributed by atoms with van der Waals surface area (Å²) in [5.74, 6) is -0.409. The number of halogens is 1. The van der Waals surface area contributed by atoms with Gasteiger partial charge in [-0.2, -0.15) is 0 Å². The SMILES string of the molecule is COc1cc(Cl)c(C(N)C(=O)O)c(OC)c1. The third-order valence-corrected chi connectivity index (χ3v) is 2.41. The second-order valence-corrected chi connectivity index (χ2v) is 3.45. The van der Waals surface area contributed by atoms with E-state index in [4.69, 9.17) is 31.9 Å². The molecule has 0 aromatic heterocycles. The van der Waals surface area contributed by atoms with Gasteiger partial charge in [0.15, 0.2) is 0 Å². The molecule has 0 bridgehead atoms. The predicted octanol–water partition coefficient (Wildman–Crippen LogP) is 1.44. The molecule has 1 aromatic carbocycles. The van der Waals surface area contributed by atoms with Crippen molar-refractivity contribution >= 4 is 17.6 Å². The first kappa shape index (κ1) is 12.6. The number of aliphatic carboxylic acids is 1. The summed E-state index contributed by atoms with van der Waals surface area (Å²) in [5.41, 5.74) is 5.74. The Morgan fingerprint density at radius 2 is 2.06 bits per heavy atom. The lowest BCUT2D eigenvalue weighted by Crippen LogP contribution is -2.21. The molecule has 1 aromatic rings. The number of rotatable bonds is 4. The van der Waals surface area contributed by atoms with Crippen LogP contribution < -0.4 is 15.2 Å². The van der Waals surface area contributed by atoms with Crippen LogP contribution in [-0.4, -0.2) is 25.3 Å². The fourth-order valence-corrected chi connectivity index (χ4v) is 1.60. The van der Waals surface area contributed by atoms with Gasteiger partial charge in [-0.15, -0.1) is 0 Å². The third-order valence-electron chi connectivity index (χ3n) is 2.10. The van der Waals surface area contributed by atoms with Crippen LogP contribution in [0.15, 0.2) is 12.1 Å². The van der Waals surface area contributed by atoms with Crippen molar-refractivity contribution < 1.29 is 19.4 Å². The van der Waals surface area contributed by atoms with Gasteiger partial charge in [-0.1, -0.05) is 11.6 Å². The van der Waals surface area contributed by atoms with Gasteiger partial charge >= 0.3 is 5.97 Å². The lowest BCUT2D eigenvalue weighted by Gasteiger charge is -2.15. The van der Waals surface area contributed by atoms with Crippen LogP contribution in [0, 0.1) is 0 Å². The number of carbonyl (C=O) groups is 1. The van der Waals surface area contributed by atoms with Gasteiger partial charge in [0.1, 0.15) is 17.5 Å². The van der Waals surface area contributed by atoms with Crippen molar-refractivity contribution in [2.24, 2.45) is 5.73 Å². The zero-order valence-electron chi connectivity index (χ0n) is 8.86. The van der Waals surface area contributed by atoms with Gasteiger partial charge in [-0.25, -0.2) is 0 Å². The van der Waals surface area contributed by atoms with Crippen molar-refractivity contribution in [2.45, 2.75) is 6.04 Å². The van der Waals surface area contributed by atoms with Crippen molar-refractivity contribution in [1.82, 2.24) is 0 Å². The van der Waals surface area contributed by atoms with E-state index in [9.17, 15) is 4.79 Å². The lowest BCUT2D eigenvalue weighted by molar-refractivity contribution is -0.138. The van der Waals surface area contributed by atoms with Crippen molar-refractivity contribution in [3.8, 4) is 11.5 Å². The number of ether oxygens (including phenoxy) is 2. The minimum atomic E-state index is -1.23. The Kier molecular flexibility index (Phi) is 3.98. The molecule has 88 valence electrons. The Labute approximate surface area is 97.7 Å². The molecule has 6 heteroatoms. The first-order chi connectivity index (χ1) is 7.51. The second-order valence-electron chi connectivity index (χ2n) is 3.04. The molecule has 0 saturated heterocycles. The largest absolute Gasteiger partial charge is 0.497 e. The molecular weight excluding hydrogens is 234 g/mol. The second kappa shape index (κ2) is 5.05. The van der Waals surface area contributed by atoms with Gasteiger partial charge in [0.05, 0.1) is 19.2 Å². The van der Waals surface area contributed by atoms with E-state index in [2.05, 4.69) is 0 Å². The molecule has 0 amide bonds. The molecule has 5 nitrogen and oxygen atoms in total. The van der Waals surface area contributed by atoms with Crippen LogP contribution >= 0.6 is 11.6 Å². The smallest absolute Gasteiger partial charge is 0.325 e.